The number of fused-ring (bicyclic) bond motifs is 1. The van der Waals surface area contributed by atoms with Crippen LogP contribution in [0.25, 0.3) is 0 Å². The molecule has 0 fully saturated rings. The molecule has 0 aliphatic carbocycles. The average molecular weight is 327 g/mol. The highest BCUT2D eigenvalue weighted by Gasteiger charge is 2.30. The minimum absolute atomic E-state index is 0.0370. The van der Waals surface area contributed by atoms with Gasteiger partial charge in [0, 0.05) is 30.7 Å². The molecule has 1 unspecified atom stereocenters. The van der Waals surface area contributed by atoms with Gasteiger partial charge in [-0.25, -0.2) is 4.79 Å². The van der Waals surface area contributed by atoms with E-state index in [1.807, 2.05) is 36.1 Å². The van der Waals surface area contributed by atoms with E-state index in [4.69, 9.17) is 4.74 Å². The van der Waals surface area contributed by atoms with Gasteiger partial charge in [0.25, 0.3) is 0 Å². The number of hydrogen-bond acceptors (Lipinski definition) is 2. The fourth-order valence-electron chi connectivity index (χ4n) is 3.28. The van der Waals surface area contributed by atoms with E-state index in [2.05, 4.69) is 35.1 Å². The van der Waals surface area contributed by atoms with E-state index in [0.29, 0.717) is 6.61 Å². The Balaban J connectivity index is 1.71. The highest BCUT2D eigenvalue weighted by Crippen LogP contribution is 2.30. The van der Waals surface area contributed by atoms with Crippen molar-refractivity contribution in [2.75, 3.05) is 18.5 Å². The Kier molecular flexibility index (Phi) is 5.08. The van der Waals surface area contributed by atoms with Crippen LogP contribution in [0.5, 0.6) is 5.75 Å². The second-order valence-electron chi connectivity index (χ2n) is 6.01. The van der Waals surface area contributed by atoms with Gasteiger partial charge in [-0.3, -0.25) is 0 Å². The van der Waals surface area contributed by atoms with Crippen LogP contribution in [-0.2, 0) is 6.54 Å². The third-order valence-corrected chi connectivity index (χ3v) is 4.40. The molecule has 3 rings (SSSR count). The van der Waals surface area contributed by atoms with E-state index in [1.165, 1.54) is 5.69 Å². The number of carbonyl (C=O) groups excluding carboxylic acids is 1. The van der Waals surface area contributed by atoms with E-state index in [9.17, 15) is 4.79 Å². The summed E-state index contributed by atoms with van der Waals surface area (Å²) in [6.45, 7) is 6.33. The number of nitrogens with zero attached hydrogens (tertiary/aromatic N) is 2. The molecule has 24 heavy (non-hydrogen) atoms. The van der Waals surface area contributed by atoms with Crippen molar-refractivity contribution in [3.63, 3.8) is 0 Å². The quantitative estimate of drug-likeness (QED) is 0.891. The number of carbonyl (C=O) groups is 1. The van der Waals surface area contributed by atoms with Gasteiger partial charge >= 0.3 is 6.03 Å². The standard InChI is InChI=1S/C19H25N3O2/c1-3-6-18-17-7-5-12-21(17)13-14-22(18)19(23)20-15-8-10-16(11-9-15)24-4-2/h5,7-12,18H,3-4,6,13-14H2,1-2H3,(H,20,23). The molecule has 5 nitrogen and oxygen atoms in total. The van der Waals surface area contributed by atoms with Crippen LogP contribution in [0.2, 0.25) is 0 Å². The lowest BCUT2D eigenvalue weighted by Crippen LogP contribution is -2.44. The van der Waals surface area contributed by atoms with Crippen LogP contribution in [0.15, 0.2) is 42.6 Å². The number of rotatable bonds is 5. The maximum absolute atomic E-state index is 12.8. The van der Waals surface area contributed by atoms with Gasteiger partial charge in [-0.2, -0.15) is 0 Å². The van der Waals surface area contributed by atoms with E-state index >= 15 is 0 Å². The number of nitrogens with one attached hydrogen (secondary N) is 1. The zero-order valence-electron chi connectivity index (χ0n) is 14.4. The van der Waals surface area contributed by atoms with E-state index in [1.54, 1.807) is 0 Å². The zero-order valence-corrected chi connectivity index (χ0v) is 14.4. The summed E-state index contributed by atoms with van der Waals surface area (Å²) in [4.78, 5) is 14.7. The lowest BCUT2D eigenvalue weighted by atomic mass is 10.0. The molecule has 5 heteroatoms. The third-order valence-electron chi connectivity index (χ3n) is 4.40. The Morgan fingerprint density at radius 2 is 2.00 bits per heavy atom. The fraction of sp³-hybridized carbons (Fsp3) is 0.421. The molecule has 1 atom stereocenters. The average Bonchev–Trinajstić information content (AvgIpc) is 3.06. The van der Waals surface area contributed by atoms with Crippen molar-refractivity contribution in [3.8, 4) is 5.75 Å². The summed E-state index contributed by atoms with van der Waals surface area (Å²) in [7, 11) is 0. The Labute approximate surface area is 143 Å². The zero-order chi connectivity index (χ0) is 16.9. The summed E-state index contributed by atoms with van der Waals surface area (Å²) in [5, 5.41) is 3.01. The van der Waals surface area contributed by atoms with Gasteiger partial charge in [-0.05, 0) is 49.7 Å². The topological polar surface area (TPSA) is 46.5 Å². The van der Waals surface area contributed by atoms with Crippen molar-refractivity contribution in [1.82, 2.24) is 9.47 Å². The van der Waals surface area contributed by atoms with Gasteiger partial charge in [0.15, 0.2) is 0 Å². The third kappa shape index (κ3) is 3.40. The summed E-state index contributed by atoms with van der Waals surface area (Å²) in [6, 6.07) is 11.8. The molecule has 2 heterocycles. The first-order chi connectivity index (χ1) is 11.7. The van der Waals surface area contributed by atoms with Crippen LogP contribution in [0, 0.1) is 0 Å². The van der Waals surface area contributed by atoms with E-state index < -0.39 is 0 Å². The summed E-state index contributed by atoms with van der Waals surface area (Å²) < 4.78 is 7.69. The lowest BCUT2D eigenvalue weighted by Gasteiger charge is -2.37. The molecule has 2 aromatic rings. The number of benzene rings is 1. The normalized spacial score (nSPS) is 16.6. The van der Waals surface area contributed by atoms with Crippen molar-refractivity contribution < 1.29 is 9.53 Å². The van der Waals surface area contributed by atoms with Crippen molar-refractivity contribution >= 4 is 11.7 Å². The molecule has 128 valence electrons. The number of hydrogen-bond donors (Lipinski definition) is 1. The van der Waals surface area contributed by atoms with Crippen LogP contribution in [0.3, 0.4) is 0 Å². The van der Waals surface area contributed by atoms with Gasteiger partial charge in [0.05, 0.1) is 12.6 Å². The lowest BCUT2D eigenvalue weighted by molar-refractivity contribution is 0.163. The molecule has 1 aliphatic rings. The Morgan fingerprint density at radius 1 is 1.21 bits per heavy atom. The summed E-state index contributed by atoms with van der Waals surface area (Å²) >= 11 is 0. The van der Waals surface area contributed by atoms with Crippen LogP contribution < -0.4 is 10.1 Å². The van der Waals surface area contributed by atoms with Crippen LogP contribution in [-0.4, -0.2) is 28.6 Å². The van der Waals surface area contributed by atoms with Crippen molar-refractivity contribution in [3.05, 3.63) is 48.3 Å². The summed E-state index contributed by atoms with van der Waals surface area (Å²) in [5.74, 6) is 0.815. The number of aromatic nitrogens is 1. The first-order valence-corrected chi connectivity index (χ1v) is 8.68. The molecule has 1 aromatic carbocycles. The number of amides is 2. The summed E-state index contributed by atoms with van der Waals surface area (Å²) in [6.07, 6.45) is 4.11. The molecular formula is C19H25N3O2. The highest BCUT2D eigenvalue weighted by atomic mass is 16.5. The van der Waals surface area contributed by atoms with Crippen molar-refractivity contribution in [2.45, 2.75) is 39.3 Å². The number of urea groups is 1. The van der Waals surface area contributed by atoms with Gasteiger partial charge in [0.2, 0.25) is 0 Å². The molecule has 0 saturated carbocycles. The molecule has 0 saturated heterocycles. The van der Waals surface area contributed by atoms with Crippen molar-refractivity contribution in [2.24, 2.45) is 0 Å². The van der Waals surface area contributed by atoms with E-state index in [-0.39, 0.29) is 12.1 Å². The van der Waals surface area contributed by atoms with Crippen LogP contribution in [0.1, 0.15) is 38.4 Å². The first-order valence-electron chi connectivity index (χ1n) is 8.68. The van der Waals surface area contributed by atoms with Gasteiger partial charge in [-0.15, -0.1) is 0 Å². The Hall–Kier alpha value is -2.43. The molecule has 1 N–H and O–H groups in total. The minimum Gasteiger partial charge on any atom is -0.494 e. The second-order valence-corrected chi connectivity index (χ2v) is 6.01. The molecule has 2 amide bonds. The smallest absolute Gasteiger partial charge is 0.322 e. The molecule has 0 bridgehead atoms. The second kappa shape index (κ2) is 7.43. The van der Waals surface area contributed by atoms with Gasteiger partial charge in [0.1, 0.15) is 5.75 Å². The van der Waals surface area contributed by atoms with Crippen LogP contribution >= 0.6 is 0 Å². The molecule has 1 aromatic heterocycles. The Bertz CT molecular complexity index is 678. The maximum atomic E-state index is 12.8. The number of anilines is 1. The minimum atomic E-state index is -0.0370. The fourth-order valence-corrected chi connectivity index (χ4v) is 3.28. The number of ether oxygens (including phenoxy) is 1. The SMILES string of the molecule is CCCC1c2cccn2CCN1C(=O)Nc1ccc(OCC)cc1. The van der Waals surface area contributed by atoms with Gasteiger partial charge in [-0.1, -0.05) is 13.3 Å². The first kappa shape index (κ1) is 16.4. The maximum Gasteiger partial charge on any atom is 0.322 e. The van der Waals surface area contributed by atoms with Gasteiger partial charge < -0.3 is 19.5 Å². The summed E-state index contributed by atoms with van der Waals surface area (Å²) in [5.41, 5.74) is 2.02. The molecule has 0 radical (unpaired) electrons. The van der Waals surface area contributed by atoms with Crippen molar-refractivity contribution in [1.29, 1.82) is 0 Å². The predicted octanol–water partition coefficient (Wildman–Crippen LogP) is 4.28. The molecule has 1 aliphatic heterocycles. The highest BCUT2D eigenvalue weighted by molar-refractivity contribution is 5.89. The van der Waals surface area contributed by atoms with Crippen LogP contribution in [0.4, 0.5) is 10.5 Å². The predicted molar refractivity (Wildman–Crippen MR) is 95.4 cm³/mol. The molecular weight excluding hydrogens is 302 g/mol. The Morgan fingerprint density at radius 3 is 2.71 bits per heavy atom. The largest absolute Gasteiger partial charge is 0.494 e. The van der Waals surface area contributed by atoms with E-state index in [0.717, 1.165) is 37.4 Å². The monoisotopic (exact) mass is 327 g/mol. The molecule has 0 spiro atoms.